The first-order valence-electron chi connectivity index (χ1n) is 10.9. The first-order valence-corrected chi connectivity index (χ1v) is 13.3. The van der Waals surface area contributed by atoms with E-state index in [0.29, 0.717) is 40.9 Å². The van der Waals surface area contributed by atoms with Crippen LogP contribution in [0.15, 0.2) is 48.5 Å². The first kappa shape index (κ1) is 25.0. The molecular formula is C24H30Cl2N2O3S. The van der Waals surface area contributed by atoms with Gasteiger partial charge in [-0.05, 0) is 42.9 Å². The largest absolute Gasteiger partial charge is 0.349 e. The van der Waals surface area contributed by atoms with E-state index in [4.69, 9.17) is 23.2 Å². The quantitative estimate of drug-likeness (QED) is 0.528. The standard InChI is InChI=1S/C24H30Cl2N2O3S/c1-17(2)14-23(18-8-4-3-5-9-18)27-24(29)19-10-7-13-28(15-19)32(30,31)16-20-21(25)11-6-12-22(20)26/h3-6,8-9,11-12,17,19,23H,7,10,13-16H2,1-2H3,(H,27,29)/t19-,23-/m1/s1. The van der Waals surface area contributed by atoms with Gasteiger partial charge in [0.25, 0.3) is 0 Å². The molecule has 1 aliphatic rings. The van der Waals surface area contributed by atoms with Crippen LogP contribution in [0.1, 0.15) is 50.3 Å². The molecule has 2 aromatic rings. The van der Waals surface area contributed by atoms with Crippen molar-refractivity contribution < 1.29 is 13.2 Å². The summed E-state index contributed by atoms with van der Waals surface area (Å²) >= 11 is 12.4. The van der Waals surface area contributed by atoms with Crippen molar-refractivity contribution in [3.8, 4) is 0 Å². The van der Waals surface area contributed by atoms with E-state index in [1.165, 1.54) is 4.31 Å². The van der Waals surface area contributed by atoms with E-state index in [0.717, 1.165) is 12.0 Å². The average Bonchev–Trinajstić information content (AvgIpc) is 2.76. The Morgan fingerprint density at radius 3 is 2.38 bits per heavy atom. The van der Waals surface area contributed by atoms with E-state index in [9.17, 15) is 13.2 Å². The number of hydrogen-bond acceptors (Lipinski definition) is 3. The summed E-state index contributed by atoms with van der Waals surface area (Å²) < 4.78 is 27.6. The maximum atomic E-state index is 13.1. The van der Waals surface area contributed by atoms with Gasteiger partial charge in [0.1, 0.15) is 0 Å². The SMILES string of the molecule is CC(C)C[C@@H](NC(=O)[C@@H]1CCCN(S(=O)(=O)Cc2c(Cl)cccc2Cl)C1)c1ccccc1. The van der Waals surface area contributed by atoms with Crippen molar-refractivity contribution in [2.24, 2.45) is 11.8 Å². The third-order valence-electron chi connectivity index (χ3n) is 5.76. The molecule has 8 heteroatoms. The Morgan fingerprint density at radius 2 is 1.75 bits per heavy atom. The van der Waals surface area contributed by atoms with Crippen molar-refractivity contribution in [1.82, 2.24) is 9.62 Å². The number of hydrogen-bond donors (Lipinski definition) is 1. The number of nitrogens with one attached hydrogen (secondary N) is 1. The fraction of sp³-hybridized carbons (Fsp3) is 0.458. The van der Waals surface area contributed by atoms with Crippen molar-refractivity contribution in [1.29, 1.82) is 0 Å². The van der Waals surface area contributed by atoms with Crippen LogP contribution in [-0.2, 0) is 20.6 Å². The third kappa shape index (κ3) is 6.47. The molecule has 2 atom stereocenters. The van der Waals surface area contributed by atoms with Crippen LogP contribution >= 0.6 is 23.2 Å². The lowest BCUT2D eigenvalue weighted by Gasteiger charge is -2.32. The third-order valence-corrected chi connectivity index (χ3v) is 8.24. The molecule has 1 N–H and O–H groups in total. The Kier molecular flexibility index (Phi) is 8.62. The van der Waals surface area contributed by atoms with Gasteiger partial charge in [0, 0.05) is 28.7 Å². The van der Waals surface area contributed by atoms with E-state index in [-0.39, 0.29) is 24.2 Å². The molecular weight excluding hydrogens is 467 g/mol. The molecule has 0 aromatic heterocycles. The normalized spacial score (nSPS) is 18.5. The Hall–Kier alpha value is -1.60. The highest BCUT2D eigenvalue weighted by atomic mass is 35.5. The minimum absolute atomic E-state index is 0.0994. The summed E-state index contributed by atoms with van der Waals surface area (Å²) in [5.74, 6) is -0.363. The van der Waals surface area contributed by atoms with Crippen molar-refractivity contribution in [2.75, 3.05) is 13.1 Å². The van der Waals surface area contributed by atoms with Crippen LogP contribution in [0.25, 0.3) is 0 Å². The molecule has 174 valence electrons. The van der Waals surface area contributed by atoms with Crippen LogP contribution in [-0.4, -0.2) is 31.7 Å². The van der Waals surface area contributed by atoms with Crippen molar-refractivity contribution in [2.45, 2.75) is 44.9 Å². The number of carbonyl (C=O) groups is 1. The molecule has 0 bridgehead atoms. The van der Waals surface area contributed by atoms with Crippen LogP contribution in [0.5, 0.6) is 0 Å². The zero-order valence-electron chi connectivity index (χ0n) is 18.4. The van der Waals surface area contributed by atoms with Gasteiger partial charge in [0.2, 0.25) is 15.9 Å². The molecule has 1 fully saturated rings. The van der Waals surface area contributed by atoms with Crippen molar-refractivity contribution >= 4 is 39.1 Å². The number of nitrogens with zero attached hydrogens (tertiary/aromatic N) is 1. The highest BCUT2D eigenvalue weighted by molar-refractivity contribution is 7.88. The lowest BCUT2D eigenvalue weighted by molar-refractivity contribution is -0.127. The Bertz CT molecular complexity index is 1010. The molecule has 0 unspecified atom stereocenters. The summed E-state index contributed by atoms with van der Waals surface area (Å²) in [6, 6.07) is 14.7. The second-order valence-corrected chi connectivity index (χ2v) is 11.5. The lowest BCUT2D eigenvalue weighted by Crippen LogP contribution is -2.46. The number of halogens is 2. The molecule has 1 heterocycles. The van der Waals surface area contributed by atoms with E-state index in [1.807, 2.05) is 30.3 Å². The van der Waals surface area contributed by atoms with Crippen LogP contribution in [0.4, 0.5) is 0 Å². The Morgan fingerprint density at radius 1 is 1.09 bits per heavy atom. The monoisotopic (exact) mass is 496 g/mol. The van der Waals surface area contributed by atoms with Crippen molar-refractivity contribution in [3.63, 3.8) is 0 Å². The van der Waals surface area contributed by atoms with Gasteiger partial charge in [-0.1, -0.05) is 73.4 Å². The first-order chi connectivity index (χ1) is 15.2. The lowest BCUT2D eigenvalue weighted by atomic mass is 9.94. The molecule has 3 rings (SSSR count). The summed E-state index contributed by atoms with van der Waals surface area (Å²) in [5.41, 5.74) is 1.45. The van der Waals surface area contributed by atoms with Gasteiger partial charge in [0.05, 0.1) is 17.7 Å². The van der Waals surface area contributed by atoms with Crippen molar-refractivity contribution in [3.05, 3.63) is 69.7 Å². The molecule has 1 amide bonds. The molecule has 1 saturated heterocycles. The molecule has 0 radical (unpaired) electrons. The van der Waals surface area contributed by atoms with Gasteiger partial charge in [-0.3, -0.25) is 4.79 Å². The fourth-order valence-electron chi connectivity index (χ4n) is 4.08. The van der Waals surface area contributed by atoms with Gasteiger partial charge in [-0.25, -0.2) is 12.7 Å². The van der Waals surface area contributed by atoms with E-state index in [1.54, 1.807) is 18.2 Å². The molecule has 0 aliphatic carbocycles. The summed E-state index contributed by atoms with van der Waals surface area (Å²) in [7, 11) is -3.66. The fourth-order valence-corrected chi connectivity index (χ4v) is 6.44. The zero-order valence-corrected chi connectivity index (χ0v) is 20.8. The maximum Gasteiger partial charge on any atom is 0.224 e. The molecule has 0 spiro atoms. The highest BCUT2D eigenvalue weighted by Gasteiger charge is 2.34. The van der Waals surface area contributed by atoms with Gasteiger partial charge in [-0.15, -0.1) is 0 Å². The smallest absolute Gasteiger partial charge is 0.224 e. The number of sulfonamides is 1. The summed E-state index contributed by atoms with van der Waals surface area (Å²) in [5, 5.41) is 3.82. The van der Waals surface area contributed by atoms with Crippen LogP contribution in [0.2, 0.25) is 10.0 Å². The topological polar surface area (TPSA) is 66.5 Å². The minimum Gasteiger partial charge on any atom is -0.349 e. The summed E-state index contributed by atoms with van der Waals surface area (Å²) in [6.07, 6.45) is 2.11. The van der Waals surface area contributed by atoms with E-state index in [2.05, 4.69) is 19.2 Å². The number of rotatable bonds is 8. The summed E-state index contributed by atoms with van der Waals surface area (Å²) in [6.45, 7) is 4.80. The van der Waals surface area contributed by atoms with Gasteiger partial charge in [-0.2, -0.15) is 0 Å². The number of piperidine rings is 1. The van der Waals surface area contributed by atoms with E-state index < -0.39 is 15.9 Å². The molecule has 1 aliphatic heterocycles. The molecule has 2 aromatic carbocycles. The number of amides is 1. The Labute approximate surface area is 201 Å². The second-order valence-electron chi connectivity index (χ2n) is 8.76. The number of benzene rings is 2. The predicted octanol–water partition coefficient (Wildman–Crippen LogP) is 5.44. The van der Waals surface area contributed by atoms with Crippen LogP contribution in [0, 0.1) is 11.8 Å². The maximum absolute atomic E-state index is 13.1. The van der Waals surface area contributed by atoms with Gasteiger partial charge >= 0.3 is 0 Å². The molecule has 0 saturated carbocycles. The summed E-state index contributed by atoms with van der Waals surface area (Å²) in [4.78, 5) is 13.1. The number of carbonyl (C=O) groups excluding carboxylic acids is 1. The van der Waals surface area contributed by atoms with E-state index >= 15 is 0 Å². The second kappa shape index (κ2) is 11.0. The average molecular weight is 497 g/mol. The molecule has 32 heavy (non-hydrogen) atoms. The Balaban J connectivity index is 1.71. The zero-order chi connectivity index (χ0) is 23.3. The van der Waals surface area contributed by atoms with Gasteiger partial charge in [0.15, 0.2) is 0 Å². The van der Waals surface area contributed by atoms with Gasteiger partial charge < -0.3 is 5.32 Å². The molecule has 5 nitrogen and oxygen atoms in total. The van der Waals surface area contributed by atoms with Crippen LogP contribution < -0.4 is 5.32 Å². The highest BCUT2D eigenvalue weighted by Crippen LogP contribution is 2.29. The predicted molar refractivity (Wildman–Crippen MR) is 130 cm³/mol. The van der Waals surface area contributed by atoms with Crippen LogP contribution in [0.3, 0.4) is 0 Å². The minimum atomic E-state index is -3.66.